The van der Waals surface area contributed by atoms with E-state index in [9.17, 15) is 9.18 Å². The van der Waals surface area contributed by atoms with E-state index in [4.69, 9.17) is 4.74 Å². The normalized spacial score (nSPS) is 15.4. The summed E-state index contributed by atoms with van der Waals surface area (Å²) in [6.45, 7) is 3.58. The smallest absolute Gasteiger partial charge is 0.325 e. The summed E-state index contributed by atoms with van der Waals surface area (Å²) in [7, 11) is 5.18. The van der Waals surface area contributed by atoms with E-state index < -0.39 is 0 Å². The summed E-state index contributed by atoms with van der Waals surface area (Å²) < 4.78 is 19.4. The lowest BCUT2D eigenvalue weighted by atomic mass is 10.1. The molecule has 0 spiro atoms. The molecule has 0 radical (unpaired) electrons. The van der Waals surface area contributed by atoms with E-state index in [2.05, 4.69) is 21.8 Å². The molecule has 1 aliphatic rings. The van der Waals surface area contributed by atoms with Crippen LogP contribution in [0.25, 0.3) is 10.8 Å². The van der Waals surface area contributed by atoms with Gasteiger partial charge in [0.05, 0.1) is 19.0 Å². The summed E-state index contributed by atoms with van der Waals surface area (Å²) in [5, 5.41) is 1.25. The summed E-state index contributed by atoms with van der Waals surface area (Å²) in [4.78, 5) is 22.2. The molecule has 1 aromatic heterocycles. The van der Waals surface area contributed by atoms with Crippen LogP contribution >= 0.6 is 0 Å². The maximum Gasteiger partial charge on any atom is 0.325 e. The van der Waals surface area contributed by atoms with Crippen molar-refractivity contribution in [1.82, 2.24) is 9.88 Å². The summed E-state index contributed by atoms with van der Waals surface area (Å²) in [5.74, 6) is -0.0729. The van der Waals surface area contributed by atoms with Gasteiger partial charge in [-0.2, -0.15) is 0 Å². The Kier molecular flexibility index (Phi) is 5.03. The van der Waals surface area contributed by atoms with Crippen LogP contribution in [0.2, 0.25) is 0 Å². The molecule has 0 unspecified atom stereocenters. The average Bonchev–Trinajstić information content (AvgIpc) is 2.61. The second kappa shape index (κ2) is 7.23. The number of benzene rings is 1. The van der Waals surface area contributed by atoms with Crippen LogP contribution in [0.3, 0.4) is 0 Å². The van der Waals surface area contributed by atoms with Crippen molar-refractivity contribution in [3.8, 4) is 0 Å². The van der Waals surface area contributed by atoms with Crippen LogP contribution in [0, 0.1) is 5.82 Å². The first-order chi connectivity index (χ1) is 12.0. The quantitative estimate of drug-likeness (QED) is 0.786. The third-order valence-electron chi connectivity index (χ3n) is 4.62. The molecular weight excluding hydrogens is 323 g/mol. The van der Waals surface area contributed by atoms with Gasteiger partial charge in [-0.25, -0.2) is 9.37 Å². The van der Waals surface area contributed by atoms with E-state index in [0.29, 0.717) is 16.6 Å². The molecule has 2 heterocycles. The molecule has 1 fully saturated rings. The number of pyridine rings is 1. The predicted octanol–water partition coefficient (Wildman–Crippen LogP) is 1.73. The fraction of sp³-hybridized carbons (Fsp3) is 0.444. The number of likely N-dealkylation sites (N-methyl/N-ethyl adjacent to an activating group) is 2. The monoisotopic (exact) mass is 346 g/mol. The lowest BCUT2D eigenvalue weighted by molar-refractivity contribution is -0.138. The van der Waals surface area contributed by atoms with Crippen molar-refractivity contribution in [3.05, 3.63) is 30.2 Å². The zero-order chi connectivity index (χ0) is 18.0. The maximum absolute atomic E-state index is 14.7. The lowest BCUT2D eigenvalue weighted by Gasteiger charge is -2.34. The summed E-state index contributed by atoms with van der Waals surface area (Å²) in [6.07, 6.45) is 1.71. The molecule has 0 bridgehead atoms. The first kappa shape index (κ1) is 17.4. The minimum atomic E-state index is -0.364. The van der Waals surface area contributed by atoms with Gasteiger partial charge in [0.2, 0.25) is 0 Å². The van der Waals surface area contributed by atoms with E-state index >= 15 is 0 Å². The Morgan fingerprint density at radius 3 is 2.72 bits per heavy atom. The summed E-state index contributed by atoms with van der Waals surface area (Å²) in [5.41, 5.74) is 0.802. The number of hydrogen-bond donors (Lipinski definition) is 0. The number of aromatic nitrogens is 1. The fourth-order valence-electron chi connectivity index (χ4n) is 3.15. The van der Waals surface area contributed by atoms with Crippen LogP contribution in [0.15, 0.2) is 24.4 Å². The number of rotatable bonds is 4. The predicted molar refractivity (Wildman–Crippen MR) is 96.7 cm³/mol. The van der Waals surface area contributed by atoms with Crippen molar-refractivity contribution in [2.75, 3.05) is 63.7 Å². The van der Waals surface area contributed by atoms with Gasteiger partial charge in [0, 0.05) is 44.0 Å². The van der Waals surface area contributed by atoms with Crippen LogP contribution in [-0.4, -0.2) is 69.8 Å². The van der Waals surface area contributed by atoms with E-state index in [1.54, 1.807) is 24.2 Å². The van der Waals surface area contributed by atoms with Crippen LogP contribution in [0.1, 0.15) is 0 Å². The van der Waals surface area contributed by atoms with Gasteiger partial charge in [-0.05, 0) is 13.1 Å². The molecule has 1 saturated heterocycles. The minimum Gasteiger partial charge on any atom is -0.468 e. The molecule has 0 atom stereocenters. The Labute approximate surface area is 146 Å². The molecular formula is C18H23FN4O2. The molecule has 25 heavy (non-hydrogen) atoms. The molecule has 1 aromatic carbocycles. The highest BCUT2D eigenvalue weighted by molar-refractivity contribution is 6.01. The Morgan fingerprint density at radius 2 is 2.04 bits per heavy atom. The van der Waals surface area contributed by atoms with Crippen LogP contribution in [-0.2, 0) is 9.53 Å². The third-order valence-corrected chi connectivity index (χ3v) is 4.62. The van der Waals surface area contributed by atoms with Gasteiger partial charge in [-0.1, -0.05) is 12.1 Å². The summed E-state index contributed by atoms with van der Waals surface area (Å²) >= 11 is 0. The standard InChI is InChI=1S/C18H23FN4O2/c1-21-7-9-23(10-8-21)15-11-20-18(22(2)12-16(24)25-3)13-5-4-6-14(19)17(13)15/h4-6,11H,7-10,12H2,1-3H3. The zero-order valence-corrected chi connectivity index (χ0v) is 14.8. The fourth-order valence-corrected chi connectivity index (χ4v) is 3.15. The first-order valence-electron chi connectivity index (χ1n) is 8.30. The second-order valence-corrected chi connectivity index (χ2v) is 6.35. The average molecular weight is 346 g/mol. The maximum atomic E-state index is 14.7. The van der Waals surface area contributed by atoms with Crippen molar-refractivity contribution < 1.29 is 13.9 Å². The van der Waals surface area contributed by atoms with E-state index in [-0.39, 0.29) is 18.3 Å². The number of nitrogens with zero attached hydrogens (tertiary/aromatic N) is 4. The largest absolute Gasteiger partial charge is 0.468 e. The molecule has 2 aromatic rings. The van der Waals surface area contributed by atoms with Crippen molar-refractivity contribution in [2.45, 2.75) is 0 Å². The second-order valence-electron chi connectivity index (χ2n) is 6.35. The number of esters is 1. The number of carbonyl (C=O) groups excluding carboxylic acids is 1. The Hall–Kier alpha value is -2.41. The molecule has 7 heteroatoms. The van der Waals surface area contributed by atoms with E-state index in [1.165, 1.54) is 13.2 Å². The number of carbonyl (C=O) groups is 1. The van der Waals surface area contributed by atoms with Gasteiger partial charge in [0.25, 0.3) is 0 Å². The molecule has 0 amide bonds. The van der Waals surface area contributed by atoms with Gasteiger partial charge in [-0.15, -0.1) is 0 Å². The SMILES string of the molecule is COC(=O)CN(C)c1ncc(N2CCN(C)CC2)c2c(F)cccc12. The number of fused-ring (bicyclic) bond motifs is 1. The number of ether oxygens (including phenoxy) is 1. The van der Waals surface area contributed by atoms with Crippen molar-refractivity contribution in [1.29, 1.82) is 0 Å². The Bertz CT molecular complexity index is 775. The van der Waals surface area contributed by atoms with Crippen molar-refractivity contribution in [2.24, 2.45) is 0 Å². The molecule has 6 nitrogen and oxygen atoms in total. The van der Waals surface area contributed by atoms with Crippen molar-refractivity contribution in [3.63, 3.8) is 0 Å². The number of halogens is 1. The molecule has 134 valence electrons. The molecule has 0 N–H and O–H groups in total. The van der Waals surface area contributed by atoms with E-state index in [0.717, 1.165) is 31.9 Å². The number of anilines is 2. The minimum absolute atomic E-state index is 0.0585. The molecule has 0 saturated carbocycles. The van der Waals surface area contributed by atoms with Gasteiger partial charge >= 0.3 is 5.97 Å². The highest BCUT2D eigenvalue weighted by Gasteiger charge is 2.21. The van der Waals surface area contributed by atoms with Gasteiger partial charge in [0.15, 0.2) is 0 Å². The first-order valence-corrected chi connectivity index (χ1v) is 8.30. The highest BCUT2D eigenvalue weighted by atomic mass is 19.1. The van der Waals surface area contributed by atoms with Gasteiger partial charge in [0.1, 0.15) is 18.2 Å². The zero-order valence-electron chi connectivity index (χ0n) is 14.8. The molecule has 3 rings (SSSR count). The third kappa shape index (κ3) is 3.51. The van der Waals surface area contributed by atoms with E-state index in [1.807, 2.05) is 6.07 Å². The Morgan fingerprint density at radius 1 is 1.32 bits per heavy atom. The summed E-state index contributed by atoms with van der Waals surface area (Å²) in [6, 6.07) is 4.97. The number of piperazine rings is 1. The molecule has 0 aliphatic carbocycles. The van der Waals surface area contributed by atoms with Gasteiger partial charge in [-0.3, -0.25) is 4.79 Å². The topological polar surface area (TPSA) is 48.9 Å². The van der Waals surface area contributed by atoms with Crippen molar-refractivity contribution >= 4 is 28.2 Å². The lowest BCUT2D eigenvalue weighted by Crippen LogP contribution is -2.44. The van der Waals surface area contributed by atoms with Crippen LogP contribution in [0.5, 0.6) is 0 Å². The highest BCUT2D eigenvalue weighted by Crippen LogP contribution is 2.34. The number of hydrogen-bond acceptors (Lipinski definition) is 6. The van der Waals surface area contributed by atoms with Crippen LogP contribution < -0.4 is 9.80 Å². The molecule has 1 aliphatic heterocycles. The van der Waals surface area contributed by atoms with Gasteiger partial charge < -0.3 is 19.4 Å². The Balaban J connectivity index is 2.04. The number of methoxy groups -OCH3 is 1. The van der Waals surface area contributed by atoms with Crippen LogP contribution in [0.4, 0.5) is 15.9 Å².